The van der Waals surface area contributed by atoms with Gasteiger partial charge in [0.2, 0.25) is 0 Å². The molecule has 0 bridgehead atoms. The summed E-state index contributed by atoms with van der Waals surface area (Å²) in [7, 11) is 1.90. The van der Waals surface area contributed by atoms with Gasteiger partial charge in [-0.3, -0.25) is 9.48 Å². The number of nitrogens with zero attached hydrogens (tertiary/aromatic N) is 5. The Hall–Kier alpha value is -3.58. The third-order valence-corrected chi connectivity index (χ3v) is 6.25. The van der Waals surface area contributed by atoms with Gasteiger partial charge in [-0.15, -0.1) is 5.10 Å². The molecule has 176 valence electrons. The highest BCUT2D eigenvalue weighted by molar-refractivity contribution is 5.98. The molecule has 0 saturated carbocycles. The molecule has 2 aromatic heterocycles. The SMILES string of the molecule is Cc1ccc(CC(=O)c2cc(CO)cc(C(C)(C)C)c2)cc1-n1cc(-c2cnn(C)c2C)nn1. The lowest BCUT2D eigenvalue weighted by Crippen LogP contribution is -2.14. The first-order chi connectivity index (χ1) is 16.1. The second-order valence-electron chi connectivity index (χ2n) is 9.86. The fourth-order valence-corrected chi connectivity index (χ4v) is 3.93. The molecule has 0 aliphatic heterocycles. The fourth-order valence-electron chi connectivity index (χ4n) is 3.93. The van der Waals surface area contributed by atoms with E-state index >= 15 is 0 Å². The van der Waals surface area contributed by atoms with Crippen molar-refractivity contribution < 1.29 is 9.90 Å². The number of carbonyl (C=O) groups is 1. The average Bonchev–Trinajstić information content (AvgIpc) is 3.41. The Morgan fingerprint density at radius 3 is 2.47 bits per heavy atom. The lowest BCUT2D eigenvalue weighted by atomic mass is 9.84. The fraction of sp³-hybridized carbons (Fsp3) is 0.333. The molecule has 7 nitrogen and oxygen atoms in total. The van der Waals surface area contributed by atoms with Crippen LogP contribution in [0.3, 0.4) is 0 Å². The molecule has 0 fully saturated rings. The van der Waals surface area contributed by atoms with E-state index in [1.165, 1.54) is 0 Å². The molecule has 34 heavy (non-hydrogen) atoms. The predicted octanol–water partition coefficient (Wildman–Crippen LogP) is 4.50. The maximum Gasteiger partial charge on any atom is 0.167 e. The molecule has 0 unspecified atom stereocenters. The van der Waals surface area contributed by atoms with Crippen molar-refractivity contribution in [1.82, 2.24) is 24.8 Å². The van der Waals surface area contributed by atoms with Crippen molar-refractivity contribution in [3.63, 3.8) is 0 Å². The molecule has 7 heteroatoms. The summed E-state index contributed by atoms with van der Waals surface area (Å²) < 4.78 is 3.55. The normalized spacial score (nSPS) is 11.7. The maximum atomic E-state index is 13.2. The zero-order chi connectivity index (χ0) is 24.6. The van der Waals surface area contributed by atoms with Crippen LogP contribution >= 0.6 is 0 Å². The molecule has 2 aromatic carbocycles. The van der Waals surface area contributed by atoms with E-state index in [0.29, 0.717) is 5.56 Å². The minimum Gasteiger partial charge on any atom is -0.392 e. The number of aliphatic hydroxyl groups excluding tert-OH is 1. The van der Waals surface area contributed by atoms with Gasteiger partial charge in [0.1, 0.15) is 5.69 Å². The van der Waals surface area contributed by atoms with E-state index < -0.39 is 0 Å². The second kappa shape index (κ2) is 8.99. The van der Waals surface area contributed by atoms with Gasteiger partial charge in [0, 0.05) is 30.3 Å². The minimum absolute atomic E-state index is 0.0147. The van der Waals surface area contributed by atoms with Crippen molar-refractivity contribution >= 4 is 5.78 Å². The number of aryl methyl sites for hydroxylation is 2. The van der Waals surface area contributed by atoms with Crippen LogP contribution in [0.1, 0.15) is 59.1 Å². The molecular weight excluding hydrogens is 426 g/mol. The van der Waals surface area contributed by atoms with Gasteiger partial charge in [-0.2, -0.15) is 5.10 Å². The molecule has 0 spiro atoms. The van der Waals surface area contributed by atoms with Gasteiger partial charge >= 0.3 is 0 Å². The largest absolute Gasteiger partial charge is 0.392 e. The van der Waals surface area contributed by atoms with Gasteiger partial charge in [0.05, 0.1) is 24.7 Å². The van der Waals surface area contributed by atoms with E-state index in [4.69, 9.17) is 0 Å². The molecule has 2 heterocycles. The first-order valence-electron chi connectivity index (χ1n) is 11.4. The number of benzene rings is 2. The third kappa shape index (κ3) is 4.70. The molecule has 0 amide bonds. The summed E-state index contributed by atoms with van der Waals surface area (Å²) >= 11 is 0. The molecule has 0 aliphatic carbocycles. The highest BCUT2D eigenvalue weighted by Crippen LogP contribution is 2.26. The van der Waals surface area contributed by atoms with Crippen molar-refractivity contribution in [2.45, 2.75) is 53.1 Å². The number of hydrogen-bond acceptors (Lipinski definition) is 5. The van der Waals surface area contributed by atoms with Crippen LogP contribution in [0.4, 0.5) is 0 Å². The van der Waals surface area contributed by atoms with E-state index in [1.54, 1.807) is 16.9 Å². The maximum absolute atomic E-state index is 13.2. The van der Waals surface area contributed by atoms with Crippen LogP contribution in [0, 0.1) is 13.8 Å². The molecule has 0 saturated heterocycles. The van der Waals surface area contributed by atoms with Gasteiger partial charge in [-0.1, -0.05) is 44.2 Å². The van der Waals surface area contributed by atoms with Crippen LogP contribution in [0.15, 0.2) is 48.8 Å². The molecule has 0 aliphatic rings. The van der Waals surface area contributed by atoms with E-state index in [9.17, 15) is 9.90 Å². The molecule has 0 radical (unpaired) electrons. The first kappa shape index (κ1) is 23.6. The third-order valence-electron chi connectivity index (χ3n) is 6.25. The van der Waals surface area contributed by atoms with Gasteiger partial charge in [0.25, 0.3) is 0 Å². The number of aliphatic hydroxyl groups is 1. The lowest BCUT2D eigenvalue weighted by molar-refractivity contribution is 0.0992. The summed E-state index contributed by atoms with van der Waals surface area (Å²) in [5.41, 5.74) is 7.81. The Kier molecular flexibility index (Phi) is 6.23. The highest BCUT2D eigenvalue weighted by atomic mass is 16.3. The molecule has 0 atom stereocenters. The quantitative estimate of drug-likeness (QED) is 0.431. The van der Waals surface area contributed by atoms with Crippen molar-refractivity contribution in [2.24, 2.45) is 7.05 Å². The summed E-state index contributed by atoms with van der Waals surface area (Å²) in [5.74, 6) is 0.0147. The predicted molar refractivity (Wildman–Crippen MR) is 132 cm³/mol. The summed E-state index contributed by atoms with van der Waals surface area (Å²) in [5, 5.41) is 22.6. The van der Waals surface area contributed by atoms with Crippen LogP contribution in [0.5, 0.6) is 0 Å². The van der Waals surface area contributed by atoms with Crippen molar-refractivity contribution in [1.29, 1.82) is 0 Å². The van der Waals surface area contributed by atoms with E-state index in [-0.39, 0.29) is 24.2 Å². The van der Waals surface area contributed by atoms with Gasteiger partial charge in [0.15, 0.2) is 5.78 Å². The van der Waals surface area contributed by atoms with Gasteiger partial charge in [-0.05, 0) is 59.7 Å². The summed E-state index contributed by atoms with van der Waals surface area (Å²) in [6.45, 7) is 10.2. The van der Waals surface area contributed by atoms with E-state index in [0.717, 1.165) is 44.9 Å². The summed E-state index contributed by atoms with van der Waals surface area (Å²) in [6.07, 6.45) is 3.94. The second-order valence-corrected chi connectivity index (χ2v) is 9.86. The van der Waals surface area contributed by atoms with Gasteiger partial charge in [-0.25, -0.2) is 4.68 Å². The Bertz CT molecular complexity index is 1360. The zero-order valence-electron chi connectivity index (χ0n) is 20.6. The van der Waals surface area contributed by atoms with Crippen LogP contribution in [0.2, 0.25) is 0 Å². The summed E-state index contributed by atoms with van der Waals surface area (Å²) in [4.78, 5) is 13.2. The zero-order valence-corrected chi connectivity index (χ0v) is 20.6. The number of aromatic nitrogens is 5. The molecule has 1 N–H and O–H groups in total. The average molecular weight is 458 g/mol. The Labute approximate surface area is 200 Å². The Morgan fingerprint density at radius 2 is 1.82 bits per heavy atom. The standard InChI is InChI=1S/C27H31N5O2/c1-17-7-8-19(12-26(34)21-9-20(16-33)10-22(13-21)27(3,4)5)11-25(17)32-15-24(29-30-32)23-14-28-31(6)18(23)2/h7-11,13-15,33H,12,16H2,1-6H3. The highest BCUT2D eigenvalue weighted by Gasteiger charge is 2.18. The topological polar surface area (TPSA) is 85.8 Å². The number of Topliss-reactive ketones (excluding diaryl/α,β-unsaturated/α-hetero) is 1. The van der Waals surface area contributed by atoms with Gasteiger partial charge < -0.3 is 5.11 Å². The van der Waals surface area contributed by atoms with E-state index in [1.807, 2.05) is 62.1 Å². The monoisotopic (exact) mass is 457 g/mol. The number of hydrogen-bond donors (Lipinski definition) is 1. The smallest absolute Gasteiger partial charge is 0.167 e. The first-order valence-corrected chi connectivity index (χ1v) is 11.4. The number of rotatable bonds is 6. The number of ketones is 1. The van der Waals surface area contributed by atoms with E-state index in [2.05, 4.69) is 36.2 Å². The lowest BCUT2D eigenvalue weighted by Gasteiger charge is -2.21. The Morgan fingerprint density at radius 1 is 1.06 bits per heavy atom. The van der Waals surface area contributed by atoms with Crippen LogP contribution in [0.25, 0.3) is 16.9 Å². The van der Waals surface area contributed by atoms with Crippen LogP contribution in [-0.4, -0.2) is 35.7 Å². The molecule has 4 rings (SSSR count). The minimum atomic E-state index is -0.116. The van der Waals surface area contributed by atoms with Crippen molar-refractivity contribution in [3.8, 4) is 16.9 Å². The Balaban J connectivity index is 1.63. The molecular formula is C27H31N5O2. The molecule has 4 aromatic rings. The number of carbonyl (C=O) groups excluding carboxylic acids is 1. The van der Waals surface area contributed by atoms with Crippen molar-refractivity contribution in [3.05, 3.63) is 82.3 Å². The van der Waals surface area contributed by atoms with Crippen LogP contribution in [-0.2, 0) is 25.5 Å². The van der Waals surface area contributed by atoms with Crippen molar-refractivity contribution in [2.75, 3.05) is 0 Å². The van der Waals surface area contributed by atoms with Crippen LogP contribution < -0.4 is 0 Å². The summed E-state index contributed by atoms with van der Waals surface area (Å²) in [6, 6.07) is 11.7.